The molecule has 0 saturated carbocycles. The Morgan fingerprint density at radius 2 is 2.00 bits per heavy atom. The van der Waals surface area contributed by atoms with E-state index in [0.29, 0.717) is 11.1 Å². The van der Waals surface area contributed by atoms with Crippen LogP contribution in [0.5, 0.6) is 0 Å². The van der Waals surface area contributed by atoms with E-state index >= 15 is 0 Å². The molecule has 0 radical (unpaired) electrons. The van der Waals surface area contributed by atoms with E-state index in [2.05, 4.69) is 5.10 Å². The Morgan fingerprint density at radius 1 is 1.25 bits per heavy atom. The number of nitrogens with zero attached hydrogens (tertiary/aromatic N) is 2. The molecule has 1 heterocycles. The largest absolute Gasteiger partial charge is 0.416 e. The Labute approximate surface area is 161 Å². The van der Waals surface area contributed by atoms with E-state index in [0.717, 1.165) is 24.3 Å². The quantitative estimate of drug-likeness (QED) is 0.224. The molecule has 0 aliphatic rings. The molecule has 0 bridgehead atoms. The SMILES string of the molecule is NNC(=O)C=Cc1nn(Cc2ccc(F)cc2Cl)c2ccc(C(F)(F)F)cc12. The number of nitrogens with one attached hydrogen (secondary N) is 1. The summed E-state index contributed by atoms with van der Waals surface area (Å²) < 4.78 is 53.9. The van der Waals surface area contributed by atoms with Gasteiger partial charge >= 0.3 is 6.18 Å². The Bertz CT molecular complexity index is 1080. The molecule has 3 N–H and O–H groups in total. The number of carbonyl (C=O) groups is 1. The van der Waals surface area contributed by atoms with Crippen LogP contribution in [0.15, 0.2) is 42.5 Å². The number of amides is 1. The number of aromatic nitrogens is 2. The van der Waals surface area contributed by atoms with Crippen molar-refractivity contribution in [3.05, 3.63) is 70.1 Å². The summed E-state index contributed by atoms with van der Waals surface area (Å²) in [6.45, 7) is 0.0951. The van der Waals surface area contributed by atoms with Crippen molar-refractivity contribution in [3.8, 4) is 0 Å². The van der Waals surface area contributed by atoms with Crippen molar-refractivity contribution in [2.24, 2.45) is 5.84 Å². The van der Waals surface area contributed by atoms with Gasteiger partial charge in [0.2, 0.25) is 0 Å². The van der Waals surface area contributed by atoms with Crippen LogP contribution in [-0.4, -0.2) is 15.7 Å². The monoisotopic (exact) mass is 412 g/mol. The maximum atomic E-state index is 13.2. The van der Waals surface area contributed by atoms with Gasteiger partial charge in [0.05, 0.1) is 23.3 Å². The van der Waals surface area contributed by atoms with Gasteiger partial charge < -0.3 is 0 Å². The topological polar surface area (TPSA) is 72.9 Å². The molecule has 0 saturated heterocycles. The van der Waals surface area contributed by atoms with Crippen LogP contribution in [-0.2, 0) is 17.5 Å². The number of hydrazine groups is 1. The van der Waals surface area contributed by atoms with Crippen molar-refractivity contribution >= 4 is 34.5 Å². The molecule has 28 heavy (non-hydrogen) atoms. The smallest absolute Gasteiger partial charge is 0.291 e. The number of nitrogens with two attached hydrogens (primary N) is 1. The second-order valence-electron chi connectivity index (χ2n) is 5.85. The zero-order chi connectivity index (χ0) is 20.5. The first-order chi connectivity index (χ1) is 13.2. The molecule has 3 aromatic rings. The molecule has 1 aromatic heterocycles. The predicted molar refractivity (Wildman–Crippen MR) is 96.6 cm³/mol. The van der Waals surface area contributed by atoms with Crippen molar-refractivity contribution in [2.45, 2.75) is 12.7 Å². The van der Waals surface area contributed by atoms with Gasteiger partial charge in [-0.05, 0) is 42.0 Å². The minimum atomic E-state index is -4.54. The van der Waals surface area contributed by atoms with Crippen molar-refractivity contribution in [1.29, 1.82) is 0 Å². The zero-order valence-corrected chi connectivity index (χ0v) is 14.9. The molecule has 0 spiro atoms. The van der Waals surface area contributed by atoms with E-state index < -0.39 is 23.5 Å². The van der Waals surface area contributed by atoms with Crippen LogP contribution in [0.3, 0.4) is 0 Å². The summed E-state index contributed by atoms with van der Waals surface area (Å²) in [5, 5.41) is 4.62. The first kappa shape index (κ1) is 19.8. The Hall–Kier alpha value is -2.91. The number of halogens is 5. The third kappa shape index (κ3) is 4.15. The molecule has 3 rings (SSSR count). The zero-order valence-electron chi connectivity index (χ0n) is 14.1. The predicted octanol–water partition coefficient (Wildman–Crippen LogP) is 3.90. The van der Waals surface area contributed by atoms with Gasteiger partial charge in [-0.3, -0.25) is 14.9 Å². The summed E-state index contributed by atoms with van der Waals surface area (Å²) in [6.07, 6.45) is -2.23. The number of carbonyl (C=O) groups excluding carboxylic acids is 1. The van der Waals surface area contributed by atoms with Gasteiger partial charge in [-0.25, -0.2) is 10.2 Å². The molecule has 146 valence electrons. The lowest BCUT2D eigenvalue weighted by Gasteiger charge is -2.08. The molecule has 0 atom stereocenters. The number of benzene rings is 2. The highest BCUT2D eigenvalue weighted by Gasteiger charge is 2.31. The van der Waals surface area contributed by atoms with Crippen molar-refractivity contribution in [1.82, 2.24) is 15.2 Å². The Balaban J connectivity index is 2.12. The number of alkyl halides is 3. The van der Waals surface area contributed by atoms with E-state index in [9.17, 15) is 22.4 Å². The summed E-state index contributed by atoms with van der Waals surface area (Å²) >= 11 is 6.03. The van der Waals surface area contributed by atoms with Gasteiger partial charge in [0.15, 0.2) is 0 Å². The molecule has 0 fully saturated rings. The van der Waals surface area contributed by atoms with Gasteiger partial charge in [-0.1, -0.05) is 17.7 Å². The standard InChI is InChI=1S/C18H13ClF4N4O/c19-14-8-12(20)3-1-10(14)9-27-16-5-2-11(18(21,22)23)7-13(16)15(26-27)4-6-17(28)25-24/h1-8H,9,24H2,(H,25,28). The number of rotatable bonds is 4. The van der Waals surface area contributed by atoms with Crippen molar-refractivity contribution in [2.75, 3.05) is 0 Å². The maximum Gasteiger partial charge on any atom is 0.416 e. The molecular formula is C18H13ClF4N4O. The fourth-order valence-electron chi connectivity index (χ4n) is 2.64. The number of hydrogen-bond acceptors (Lipinski definition) is 3. The van der Waals surface area contributed by atoms with Crippen LogP contribution >= 0.6 is 11.6 Å². The summed E-state index contributed by atoms with van der Waals surface area (Å²) in [6, 6.07) is 6.99. The fraction of sp³-hybridized carbons (Fsp3) is 0.111. The van der Waals surface area contributed by atoms with Gasteiger partial charge in [0.25, 0.3) is 5.91 Å². The molecule has 2 aromatic carbocycles. The molecular weight excluding hydrogens is 400 g/mol. The average Bonchev–Trinajstić information content (AvgIpc) is 2.98. The first-order valence-electron chi connectivity index (χ1n) is 7.89. The molecule has 0 aliphatic heterocycles. The summed E-state index contributed by atoms with van der Waals surface area (Å²) in [5.41, 5.74) is 2.10. The third-order valence-electron chi connectivity index (χ3n) is 3.98. The van der Waals surface area contributed by atoms with Crippen LogP contribution in [0.2, 0.25) is 5.02 Å². The fourth-order valence-corrected chi connectivity index (χ4v) is 2.87. The van der Waals surface area contributed by atoms with E-state index in [1.165, 1.54) is 29.0 Å². The van der Waals surface area contributed by atoms with Crippen LogP contribution in [0, 0.1) is 5.82 Å². The van der Waals surface area contributed by atoms with E-state index in [1.54, 1.807) is 0 Å². The summed E-state index contributed by atoms with van der Waals surface area (Å²) in [7, 11) is 0. The van der Waals surface area contributed by atoms with Crippen LogP contribution in [0.1, 0.15) is 16.8 Å². The second-order valence-corrected chi connectivity index (χ2v) is 6.26. The third-order valence-corrected chi connectivity index (χ3v) is 4.33. The lowest BCUT2D eigenvalue weighted by molar-refractivity contribution is -0.137. The minimum Gasteiger partial charge on any atom is -0.291 e. The van der Waals surface area contributed by atoms with E-state index in [4.69, 9.17) is 17.4 Å². The maximum absolute atomic E-state index is 13.2. The highest BCUT2D eigenvalue weighted by molar-refractivity contribution is 6.31. The van der Waals surface area contributed by atoms with Crippen LogP contribution in [0.25, 0.3) is 17.0 Å². The number of hydrogen-bond donors (Lipinski definition) is 2. The molecule has 5 nitrogen and oxygen atoms in total. The second kappa shape index (κ2) is 7.61. The van der Waals surface area contributed by atoms with Gasteiger partial charge in [0.1, 0.15) is 5.82 Å². The Kier molecular flexibility index (Phi) is 5.39. The lowest BCUT2D eigenvalue weighted by atomic mass is 10.1. The highest BCUT2D eigenvalue weighted by atomic mass is 35.5. The molecule has 10 heteroatoms. The van der Waals surface area contributed by atoms with E-state index in [-0.39, 0.29) is 22.6 Å². The van der Waals surface area contributed by atoms with Gasteiger partial charge in [0, 0.05) is 16.5 Å². The van der Waals surface area contributed by atoms with Crippen molar-refractivity contribution in [3.63, 3.8) is 0 Å². The average molecular weight is 413 g/mol. The summed E-state index contributed by atoms with van der Waals surface area (Å²) in [4.78, 5) is 11.3. The van der Waals surface area contributed by atoms with Crippen LogP contribution < -0.4 is 11.3 Å². The van der Waals surface area contributed by atoms with Crippen molar-refractivity contribution < 1.29 is 22.4 Å². The normalized spacial score (nSPS) is 12.1. The summed E-state index contributed by atoms with van der Waals surface area (Å²) in [5.74, 6) is 3.84. The minimum absolute atomic E-state index is 0.0951. The number of fused-ring (bicyclic) bond motifs is 1. The molecule has 1 amide bonds. The molecule has 0 unspecified atom stereocenters. The highest BCUT2D eigenvalue weighted by Crippen LogP contribution is 2.33. The van der Waals surface area contributed by atoms with Gasteiger partial charge in [-0.2, -0.15) is 18.3 Å². The lowest BCUT2D eigenvalue weighted by Crippen LogP contribution is -2.27. The van der Waals surface area contributed by atoms with E-state index in [1.807, 2.05) is 5.43 Å². The Morgan fingerprint density at radius 3 is 2.64 bits per heavy atom. The first-order valence-corrected chi connectivity index (χ1v) is 8.27. The molecule has 0 aliphatic carbocycles. The van der Waals surface area contributed by atoms with Gasteiger partial charge in [-0.15, -0.1) is 0 Å². The van der Waals surface area contributed by atoms with Crippen LogP contribution in [0.4, 0.5) is 17.6 Å².